The molecule has 0 amide bonds. The Morgan fingerprint density at radius 1 is 1.10 bits per heavy atom. The number of aliphatic hydroxyl groups excluding tert-OH is 4. The van der Waals surface area contributed by atoms with Gasteiger partial charge in [-0.2, -0.15) is 0 Å². The molecule has 2 aromatic rings. The summed E-state index contributed by atoms with van der Waals surface area (Å²) in [5.41, 5.74) is 1.47. The van der Waals surface area contributed by atoms with E-state index in [1.807, 2.05) is 18.2 Å². The summed E-state index contributed by atoms with van der Waals surface area (Å²) in [7, 11) is 0. The molecule has 5 atom stereocenters. The van der Waals surface area contributed by atoms with E-state index < -0.39 is 36.3 Å². The first-order valence-corrected chi connectivity index (χ1v) is 20.0. The molecule has 2 heterocycles. The van der Waals surface area contributed by atoms with Crippen LogP contribution in [0.1, 0.15) is 16.7 Å². The Kier molecular flexibility index (Phi) is 7.32. The van der Waals surface area contributed by atoms with Crippen molar-refractivity contribution in [1.29, 1.82) is 0 Å². The fourth-order valence-corrected chi connectivity index (χ4v) is 8.69. The number of aliphatic hydroxyl groups is 4. The number of fused-ring (bicyclic) bond motifs is 2. The molecule has 0 aliphatic carbocycles. The van der Waals surface area contributed by atoms with Gasteiger partial charge in [0.15, 0.2) is 0 Å². The molecule has 4 N–H and O–H groups in total. The first-order valence-electron chi connectivity index (χ1n) is 9.36. The van der Waals surface area contributed by atoms with Crippen LogP contribution in [0.25, 0.3) is 0 Å². The molecule has 9 heteroatoms. The summed E-state index contributed by atoms with van der Waals surface area (Å²) < 4.78 is 14.5. The van der Waals surface area contributed by atoms with Crippen molar-refractivity contribution in [3.63, 3.8) is 0 Å². The van der Waals surface area contributed by atoms with Crippen LogP contribution in [0.4, 0.5) is 0 Å². The van der Waals surface area contributed by atoms with Gasteiger partial charge < -0.3 is 0 Å². The Morgan fingerprint density at radius 2 is 1.83 bits per heavy atom. The number of ether oxygens (including phenoxy) is 2. The summed E-state index contributed by atoms with van der Waals surface area (Å²) in [6.07, 6.45) is -3.66. The molecule has 4 rings (SSSR count). The van der Waals surface area contributed by atoms with Gasteiger partial charge in [0, 0.05) is 0 Å². The van der Waals surface area contributed by atoms with Crippen molar-refractivity contribution < 1.29 is 68.3 Å². The summed E-state index contributed by atoms with van der Waals surface area (Å²) in [5, 5.41) is 41.4. The van der Waals surface area contributed by atoms with Crippen molar-refractivity contribution in [3.05, 3.63) is 66.3 Å². The fourth-order valence-electron chi connectivity index (χ4n) is 4.02. The second-order valence-electron chi connectivity index (χ2n) is 7.53. The molecule has 2 aromatic carbocycles. The monoisotopic (exact) mass is 752 g/mol. The van der Waals surface area contributed by atoms with Crippen LogP contribution >= 0.6 is 18.6 Å². The molecule has 2 bridgehead atoms. The average Bonchev–Trinajstić information content (AvgIpc) is 3.17. The number of benzene rings is 2. The van der Waals surface area contributed by atoms with Crippen LogP contribution < -0.4 is 38.4 Å². The average molecular weight is 752 g/mol. The van der Waals surface area contributed by atoms with Gasteiger partial charge in [0.25, 0.3) is 0 Å². The first kappa shape index (κ1) is 23.5. The van der Waals surface area contributed by atoms with Crippen molar-refractivity contribution in [1.82, 2.24) is 0 Å². The van der Waals surface area contributed by atoms with E-state index in [1.54, 1.807) is 0 Å². The third-order valence-electron chi connectivity index (χ3n) is 5.78. The van der Waals surface area contributed by atoms with Crippen LogP contribution in [-0.4, -0.2) is 62.5 Å². The maximum atomic E-state index is 10.8. The second-order valence-corrected chi connectivity index (χ2v) is 14.2. The number of hydrogen-bond donors (Lipinski definition) is 4. The first-order chi connectivity index (χ1) is 14.4. The zero-order valence-electron chi connectivity index (χ0n) is 16.1. The van der Waals surface area contributed by atoms with E-state index in [2.05, 4.69) is 47.8 Å². The molecule has 2 fully saturated rings. The Labute approximate surface area is 205 Å². The van der Waals surface area contributed by atoms with Crippen LogP contribution in [0.2, 0.25) is 0 Å². The van der Waals surface area contributed by atoms with Crippen molar-refractivity contribution in [2.45, 2.75) is 36.1 Å². The summed E-state index contributed by atoms with van der Waals surface area (Å²) in [4.78, 5) is 2.24. The molecule has 0 unspecified atom stereocenters. The molecule has 0 spiro atoms. The van der Waals surface area contributed by atoms with Gasteiger partial charge in [-0.1, -0.05) is 0 Å². The summed E-state index contributed by atoms with van der Waals surface area (Å²) >= 11 is 2.30. The van der Waals surface area contributed by atoms with E-state index in [4.69, 9.17) is 9.47 Å². The van der Waals surface area contributed by atoms with Crippen molar-refractivity contribution in [3.8, 4) is 0 Å². The quantitative estimate of drug-likeness (QED) is 0.174. The fraction of sp³-hybridized carbons (Fsp3) is 0.429. The Morgan fingerprint density at radius 3 is 2.47 bits per heavy atom. The molecule has 2 aliphatic heterocycles. The molecule has 0 radical (unpaired) electrons. The zero-order valence-corrected chi connectivity index (χ0v) is 22.6. The van der Waals surface area contributed by atoms with E-state index >= 15 is 0 Å². The van der Waals surface area contributed by atoms with E-state index in [0.717, 1.165) is 12.0 Å². The molecular weight excluding hydrogens is 729 g/mol. The van der Waals surface area contributed by atoms with Gasteiger partial charge in [0.2, 0.25) is 0 Å². The van der Waals surface area contributed by atoms with Gasteiger partial charge >= 0.3 is 208 Å². The van der Waals surface area contributed by atoms with Gasteiger partial charge in [-0.15, -0.1) is 0 Å². The van der Waals surface area contributed by atoms with E-state index in [-0.39, 0.29) is 45.0 Å². The van der Waals surface area contributed by atoms with Gasteiger partial charge in [-0.3, -0.25) is 0 Å². The molecule has 0 aromatic heterocycles. The molecule has 6 nitrogen and oxygen atoms in total. The van der Waals surface area contributed by atoms with Gasteiger partial charge in [0.05, 0.1) is 0 Å². The molecular formula is C21H23I3O6-2. The van der Waals surface area contributed by atoms with Crippen LogP contribution in [-0.2, 0) is 21.7 Å². The normalized spacial score (nSPS) is 33.3. The van der Waals surface area contributed by atoms with Crippen LogP contribution in [0.5, 0.6) is 0 Å². The Balaban J connectivity index is 1.72. The zero-order chi connectivity index (χ0) is 21.5. The molecule has 0 saturated carbocycles. The van der Waals surface area contributed by atoms with E-state index in [9.17, 15) is 20.4 Å². The van der Waals surface area contributed by atoms with Crippen LogP contribution in [0, 0.1) is 7.14 Å². The van der Waals surface area contributed by atoms with Crippen LogP contribution in [0.15, 0.2) is 42.5 Å². The summed E-state index contributed by atoms with van der Waals surface area (Å²) in [5.74, 6) is -1.62. The third kappa shape index (κ3) is 3.95. The summed E-state index contributed by atoms with van der Waals surface area (Å²) in [6.45, 7) is -0.632. The predicted molar refractivity (Wildman–Crippen MR) is 110 cm³/mol. The standard InChI is InChI=1S/C21H23I3O6/c1-23-15-5-2-12(3-6-15)8-13-9-14(4-7-16(13)24-22)21-19(28)17(26)18(27)20(10-25,30-21)11-29-21/h2-7,9,17-19,25-28H,8,10-11H2,1H3/q-2/t17-,18-,19+,20+,21-/m0/s1. The molecule has 2 saturated heterocycles. The SMILES string of the molecule is C[I-]c1ccc(Cc2cc([C@]34OC[C@@](CO)(O3)[C@@H](O)[C@H](O)[C@H]4O)ccc2[I-]I)cc1. The number of alkyl halides is 1. The molecule has 30 heavy (non-hydrogen) atoms. The Bertz CT molecular complexity index is 910. The number of halogens is 3. The van der Waals surface area contributed by atoms with Gasteiger partial charge in [-0.25, -0.2) is 0 Å². The van der Waals surface area contributed by atoms with E-state index in [1.165, 1.54) is 12.7 Å². The van der Waals surface area contributed by atoms with E-state index in [0.29, 0.717) is 5.56 Å². The number of hydrogen-bond acceptors (Lipinski definition) is 6. The minimum atomic E-state index is -1.62. The molecule has 2 aliphatic rings. The van der Waals surface area contributed by atoms with Crippen molar-refractivity contribution in [2.24, 2.45) is 0 Å². The van der Waals surface area contributed by atoms with Crippen molar-refractivity contribution in [2.75, 3.05) is 18.1 Å². The van der Waals surface area contributed by atoms with Gasteiger partial charge in [-0.05, 0) is 0 Å². The Hall–Kier alpha value is 0.390. The minimum absolute atomic E-state index is 0.0659. The van der Waals surface area contributed by atoms with Crippen LogP contribution in [0.3, 0.4) is 0 Å². The maximum absolute atomic E-state index is 10.8. The third-order valence-corrected chi connectivity index (χ3v) is 12.2. The van der Waals surface area contributed by atoms with Crippen molar-refractivity contribution >= 4 is 18.6 Å². The second kappa shape index (κ2) is 9.33. The number of rotatable bonds is 6. The predicted octanol–water partition coefficient (Wildman–Crippen LogP) is -5.20. The summed E-state index contributed by atoms with van der Waals surface area (Å²) in [6, 6.07) is 14.5. The molecule has 166 valence electrons. The van der Waals surface area contributed by atoms with Gasteiger partial charge in [0.1, 0.15) is 0 Å². The topological polar surface area (TPSA) is 99.4 Å².